The third kappa shape index (κ3) is 4.71. The molecule has 0 unspecified atom stereocenters. The van der Waals surface area contributed by atoms with E-state index in [4.69, 9.17) is 14.5 Å². The van der Waals surface area contributed by atoms with Gasteiger partial charge in [0.05, 0.1) is 10.7 Å². The number of benzene rings is 1. The van der Waals surface area contributed by atoms with Gasteiger partial charge in [-0.3, -0.25) is 4.79 Å². The van der Waals surface area contributed by atoms with Crippen LogP contribution in [0.1, 0.15) is 28.6 Å². The summed E-state index contributed by atoms with van der Waals surface area (Å²) in [6.07, 6.45) is 5.46. The maximum Gasteiger partial charge on any atom is 0.246 e. The van der Waals surface area contributed by atoms with Crippen LogP contribution in [0.2, 0.25) is 0 Å². The van der Waals surface area contributed by atoms with Crippen molar-refractivity contribution in [2.45, 2.75) is 18.8 Å². The molecule has 8 heteroatoms. The molecule has 5 rings (SSSR count). The molecule has 2 aliphatic heterocycles. The van der Waals surface area contributed by atoms with E-state index in [9.17, 15) is 4.79 Å². The van der Waals surface area contributed by atoms with Crippen LogP contribution in [0.4, 0.5) is 0 Å². The Hall–Kier alpha value is -2.16. The van der Waals surface area contributed by atoms with Gasteiger partial charge in [0.2, 0.25) is 5.91 Å². The van der Waals surface area contributed by atoms with Crippen molar-refractivity contribution in [2.75, 3.05) is 26.3 Å². The molecular weight excluding hydrogens is 496 g/mol. The summed E-state index contributed by atoms with van der Waals surface area (Å²) in [5, 5.41) is 5.28. The number of ether oxygens (including phenoxy) is 2. The number of rotatable bonds is 4. The first-order chi connectivity index (χ1) is 15.2. The second kappa shape index (κ2) is 9.14. The maximum atomic E-state index is 12.5. The van der Waals surface area contributed by atoms with Gasteiger partial charge in [0, 0.05) is 50.8 Å². The van der Waals surface area contributed by atoms with Gasteiger partial charge in [-0.15, -0.1) is 22.7 Å². The lowest BCUT2D eigenvalue weighted by Crippen LogP contribution is -2.36. The third-order valence-corrected chi connectivity index (χ3v) is 8.16. The number of halogens is 1. The Morgan fingerprint density at radius 2 is 1.90 bits per heavy atom. The number of likely N-dealkylation sites (tertiary alicyclic amines) is 1. The van der Waals surface area contributed by atoms with E-state index < -0.39 is 0 Å². The fourth-order valence-electron chi connectivity index (χ4n) is 3.83. The van der Waals surface area contributed by atoms with E-state index >= 15 is 0 Å². The van der Waals surface area contributed by atoms with Gasteiger partial charge in [0.15, 0.2) is 11.5 Å². The molecule has 2 aliphatic rings. The second-order valence-corrected chi connectivity index (χ2v) is 10.3. The molecule has 2 aromatic heterocycles. The summed E-state index contributed by atoms with van der Waals surface area (Å²) in [5.41, 5.74) is 2.02. The number of thiazole rings is 1. The van der Waals surface area contributed by atoms with Crippen LogP contribution in [0.5, 0.6) is 11.5 Å². The summed E-state index contributed by atoms with van der Waals surface area (Å²) in [6.45, 7) is 2.70. The quantitative estimate of drug-likeness (QED) is 0.409. The summed E-state index contributed by atoms with van der Waals surface area (Å²) in [7, 11) is 0. The molecule has 0 bridgehead atoms. The number of hydrogen-bond donors (Lipinski definition) is 0. The van der Waals surface area contributed by atoms with Crippen LogP contribution in [0, 0.1) is 0 Å². The molecule has 5 nitrogen and oxygen atoms in total. The van der Waals surface area contributed by atoms with Gasteiger partial charge in [-0.2, -0.15) is 0 Å². The maximum absolute atomic E-state index is 12.5. The largest absolute Gasteiger partial charge is 0.486 e. The smallest absolute Gasteiger partial charge is 0.246 e. The van der Waals surface area contributed by atoms with Crippen LogP contribution in [0.25, 0.3) is 17.3 Å². The zero-order valence-electron chi connectivity index (χ0n) is 16.8. The molecule has 4 heterocycles. The highest BCUT2D eigenvalue weighted by Gasteiger charge is 2.25. The van der Waals surface area contributed by atoms with Crippen LogP contribution in [-0.2, 0) is 4.79 Å². The average Bonchev–Trinajstić information content (AvgIpc) is 3.46. The summed E-state index contributed by atoms with van der Waals surface area (Å²) in [6, 6.07) is 8.01. The van der Waals surface area contributed by atoms with Gasteiger partial charge in [0.25, 0.3) is 0 Å². The normalized spacial score (nSPS) is 16.7. The van der Waals surface area contributed by atoms with Gasteiger partial charge in [-0.1, -0.05) is 0 Å². The van der Waals surface area contributed by atoms with Gasteiger partial charge in [-0.05, 0) is 59.1 Å². The van der Waals surface area contributed by atoms with Crippen molar-refractivity contribution in [3.05, 3.63) is 55.5 Å². The Bertz CT molecular complexity index is 1120. The van der Waals surface area contributed by atoms with E-state index in [2.05, 4.69) is 21.3 Å². The van der Waals surface area contributed by atoms with Crippen molar-refractivity contribution >= 4 is 50.6 Å². The summed E-state index contributed by atoms with van der Waals surface area (Å²) in [5.74, 6) is 2.06. The molecule has 0 N–H and O–H groups in total. The highest BCUT2D eigenvalue weighted by atomic mass is 79.9. The van der Waals surface area contributed by atoms with E-state index in [0.29, 0.717) is 19.1 Å². The number of fused-ring (bicyclic) bond motifs is 1. The first-order valence-electron chi connectivity index (χ1n) is 10.2. The Balaban J connectivity index is 1.20. The van der Waals surface area contributed by atoms with Crippen LogP contribution in [0.15, 0.2) is 45.6 Å². The van der Waals surface area contributed by atoms with E-state index in [1.807, 2.05) is 40.6 Å². The average molecular weight is 517 g/mol. The number of piperidine rings is 1. The summed E-state index contributed by atoms with van der Waals surface area (Å²) < 4.78 is 12.4. The van der Waals surface area contributed by atoms with Gasteiger partial charge in [0.1, 0.15) is 13.2 Å². The first-order valence-corrected chi connectivity index (χ1v) is 12.8. The van der Waals surface area contributed by atoms with Crippen LogP contribution in [0.3, 0.4) is 0 Å². The predicted molar refractivity (Wildman–Crippen MR) is 128 cm³/mol. The molecular formula is C23H21BrN2O3S2. The van der Waals surface area contributed by atoms with Crippen molar-refractivity contribution in [2.24, 2.45) is 0 Å². The minimum absolute atomic E-state index is 0.0825. The monoisotopic (exact) mass is 516 g/mol. The zero-order chi connectivity index (χ0) is 21.2. The third-order valence-electron chi connectivity index (χ3n) is 5.49. The number of amides is 1. The van der Waals surface area contributed by atoms with E-state index in [0.717, 1.165) is 63.0 Å². The number of aromatic nitrogens is 1. The molecule has 1 amide bonds. The summed E-state index contributed by atoms with van der Waals surface area (Å²) in [4.78, 5) is 20.4. The van der Waals surface area contributed by atoms with Crippen molar-refractivity contribution < 1.29 is 14.3 Å². The molecule has 31 heavy (non-hydrogen) atoms. The highest BCUT2D eigenvalue weighted by molar-refractivity contribution is 9.10. The van der Waals surface area contributed by atoms with Crippen LogP contribution < -0.4 is 9.47 Å². The minimum Gasteiger partial charge on any atom is -0.486 e. The minimum atomic E-state index is 0.0825. The van der Waals surface area contributed by atoms with Crippen molar-refractivity contribution in [3.63, 3.8) is 0 Å². The van der Waals surface area contributed by atoms with Gasteiger partial charge < -0.3 is 14.4 Å². The molecule has 1 saturated heterocycles. The Morgan fingerprint density at radius 1 is 1.10 bits per heavy atom. The lowest BCUT2D eigenvalue weighted by molar-refractivity contribution is -0.126. The highest BCUT2D eigenvalue weighted by Crippen LogP contribution is 2.37. The molecule has 3 aromatic rings. The topological polar surface area (TPSA) is 51.7 Å². The molecule has 0 atom stereocenters. The van der Waals surface area contributed by atoms with Crippen molar-refractivity contribution in [1.29, 1.82) is 0 Å². The van der Waals surface area contributed by atoms with Crippen molar-refractivity contribution in [1.82, 2.24) is 9.88 Å². The molecule has 160 valence electrons. The SMILES string of the molecule is O=C(C=Cc1cc(Br)cs1)N1CCC(c2nc(-c3ccc4c(c3)OCCO4)cs2)CC1. The predicted octanol–water partition coefficient (Wildman–Crippen LogP) is 5.82. The molecule has 1 fully saturated rings. The zero-order valence-corrected chi connectivity index (χ0v) is 20.0. The number of carbonyl (C=O) groups is 1. The second-order valence-electron chi connectivity index (χ2n) is 7.53. The Kier molecular flexibility index (Phi) is 6.11. The van der Waals surface area contributed by atoms with E-state index in [1.54, 1.807) is 28.7 Å². The van der Waals surface area contributed by atoms with Crippen LogP contribution >= 0.6 is 38.6 Å². The number of carbonyl (C=O) groups excluding carboxylic acids is 1. The van der Waals surface area contributed by atoms with Gasteiger partial charge >= 0.3 is 0 Å². The number of hydrogen-bond acceptors (Lipinski definition) is 6. The van der Waals surface area contributed by atoms with E-state index in [-0.39, 0.29) is 5.91 Å². The molecule has 0 spiro atoms. The Labute approximate surface area is 197 Å². The molecule has 0 saturated carbocycles. The van der Waals surface area contributed by atoms with Gasteiger partial charge in [-0.25, -0.2) is 4.98 Å². The fourth-order valence-corrected chi connectivity index (χ4v) is 6.17. The molecule has 0 radical (unpaired) electrons. The lowest BCUT2D eigenvalue weighted by atomic mass is 9.97. The fraction of sp³-hybridized carbons (Fsp3) is 0.304. The first kappa shape index (κ1) is 20.7. The number of thiophene rings is 1. The van der Waals surface area contributed by atoms with Crippen molar-refractivity contribution in [3.8, 4) is 22.8 Å². The lowest BCUT2D eigenvalue weighted by Gasteiger charge is -2.30. The summed E-state index contributed by atoms with van der Waals surface area (Å²) >= 11 is 6.76. The standard InChI is InChI=1S/C23H21BrN2O3S2/c24-17-12-18(30-13-17)2-4-22(27)26-7-5-15(6-8-26)23-25-19(14-31-23)16-1-3-20-21(11-16)29-10-9-28-20/h1-4,11-15H,5-10H2. The van der Waals surface area contributed by atoms with E-state index in [1.165, 1.54) is 0 Å². The molecule has 0 aliphatic carbocycles. The molecule has 1 aromatic carbocycles. The number of nitrogens with zero attached hydrogens (tertiary/aromatic N) is 2. The Morgan fingerprint density at radius 3 is 2.68 bits per heavy atom. The van der Waals surface area contributed by atoms with Crippen LogP contribution in [-0.4, -0.2) is 42.1 Å².